The number of nitrogens with one attached hydrogen (secondary N) is 1. The zero-order valence-corrected chi connectivity index (χ0v) is 17.1. The summed E-state index contributed by atoms with van der Waals surface area (Å²) in [4.78, 5) is 24.6. The van der Waals surface area contributed by atoms with Crippen molar-refractivity contribution in [2.75, 3.05) is 24.4 Å². The quantitative estimate of drug-likeness (QED) is 0.688. The minimum absolute atomic E-state index is 0.0186. The molecule has 0 saturated heterocycles. The molecule has 7 heteroatoms. The Morgan fingerprint density at radius 3 is 2.16 bits per heavy atom. The van der Waals surface area contributed by atoms with Gasteiger partial charge in [0.2, 0.25) is 11.8 Å². The second-order valence-electron chi connectivity index (χ2n) is 7.13. The van der Waals surface area contributed by atoms with E-state index < -0.39 is 0 Å². The first-order valence-corrected chi connectivity index (χ1v) is 9.70. The average molecular weight is 420 g/mol. The van der Waals surface area contributed by atoms with Crippen molar-refractivity contribution in [3.05, 3.63) is 77.6 Å². The number of carbonyl (C=O) groups is 2. The van der Waals surface area contributed by atoms with Gasteiger partial charge in [0.15, 0.2) is 0 Å². The molecule has 158 valence electrons. The summed E-state index contributed by atoms with van der Waals surface area (Å²) in [6, 6.07) is 17.0. The number of nitrogens with zero attached hydrogens (tertiary/aromatic N) is 1. The van der Waals surface area contributed by atoms with Gasteiger partial charge in [0.25, 0.3) is 0 Å². The van der Waals surface area contributed by atoms with Crippen molar-refractivity contribution < 1.29 is 23.5 Å². The molecule has 0 bridgehead atoms. The van der Waals surface area contributed by atoms with Gasteiger partial charge in [-0.1, -0.05) is 12.1 Å². The normalized spacial score (nSPS) is 13.7. The molecule has 0 atom stereocenters. The molecular formula is C24H21FN2O4. The van der Waals surface area contributed by atoms with Gasteiger partial charge in [0.05, 0.1) is 32.7 Å². The smallest absolute Gasteiger partial charge is 0.236 e. The number of methoxy groups -OCH3 is 2. The van der Waals surface area contributed by atoms with Gasteiger partial charge in [-0.05, 0) is 47.5 Å². The number of ether oxygens (including phenoxy) is 2. The van der Waals surface area contributed by atoms with Crippen molar-refractivity contribution >= 4 is 28.9 Å². The topological polar surface area (TPSA) is 67.9 Å². The number of benzene rings is 3. The van der Waals surface area contributed by atoms with Crippen LogP contribution in [0.5, 0.6) is 11.5 Å². The van der Waals surface area contributed by atoms with E-state index in [9.17, 15) is 14.0 Å². The van der Waals surface area contributed by atoms with Crippen LogP contribution in [-0.2, 0) is 22.4 Å². The molecule has 0 aromatic heterocycles. The second kappa shape index (κ2) is 8.47. The Morgan fingerprint density at radius 2 is 1.48 bits per heavy atom. The molecule has 3 aromatic carbocycles. The van der Waals surface area contributed by atoms with Crippen molar-refractivity contribution in [2.45, 2.75) is 12.8 Å². The number of halogens is 1. The first kappa shape index (κ1) is 20.4. The zero-order chi connectivity index (χ0) is 22.0. The van der Waals surface area contributed by atoms with E-state index in [1.807, 2.05) is 36.4 Å². The molecule has 2 heterocycles. The number of anilines is 3. The fourth-order valence-corrected chi connectivity index (χ4v) is 3.60. The lowest BCUT2D eigenvalue weighted by molar-refractivity contribution is -0.117. The Labute approximate surface area is 179 Å². The van der Waals surface area contributed by atoms with Gasteiger partial charge in [-0.2, -0.15) is 0 Å². The van der Waals surface area contributed by atoms with Crippen molar-refractivity contribution in [1.29, 1.82) is 0 Å². The lowest BCUT2D eigenvalue weighted by atomic mass is 10.1. The maximum absolute atomic E-state index is 13.0. The molecular weight excluding hydrogens is 399 g/mol. The third kappa shape index (κ3) is 4.21. The van der Waals surface area contributed by atoms with Crippen LogP contribution in [0.4, 0.5) is 21.5 Å². The molecule has 3 aromatic rings. The molecule has 0 aliphatic carbocycles. The highest BCUT2D eigenvalue weighted by Gasteiger charge is 2.28. The summed E-state index contributed by atoms with van der Waals surface area (Å²) in [5.74, 6) is 1.19. The Balaban J connectivity index is 0.000000166. The summed E-state index contributed by atoms with van der Waals surface area (Å²) >= 11 is 0. The van der Waals surface area contributed by atoms with E-state index in [4.69, 9.17) is 9.47 Å². The third-order valence-electron chi connectivity index (χ3n) is 5.15. The number of amides is 2. The minimum Gasteiger partial charge on any atom is -0.497 e. The first-order chi connectivity index (χ1) is 15.0. The van der Waals surface area contributed by atoms with E-state index in [0.29, 0.717) is 24.3 Å². The molecule has 2 aliphatic rings. The zero-order valence-electron chi connectivity index (χ0n) is 17.1. The summed E-state index contributed by atoms with van der Waals surface area (Å²) in [5.41, 5.74) is 4.34. The van der Waals surface area contributed by atoms with Crippen LogP contribution in [0.1, 0.15) is 11.1 Å². The molecule has 1 N–H and O–H groups in total. The van der Waals surface area contributed by atoms with Crippen molar-refractivity contribution in [3.63, 3.8) is 0 Å². The number of fused-ring (bicyclic) bond motifs is 2. The van der Waals surface area contributed by atoms with Gasteiger partial charge in [0.1, 0.15) is 17.3 Å². The van der Waals surface area contributed by atoms with Crippen LogP contribution >= 0.6 is 0 Å². The molecule has 2 amide bonds. The number of hydrogen-bond donors (Lipinski definition) is 1. The second-order valence-corrected chi connectivity index (χ2v) is 7.13. The maximum Gasteiger partial charge on any atom is 0.236 e. The van der Waals surface area contributed by atoms with Gasteiger partial charge in [-0.25, -0.2) is 4.39 Å². The monoisotopic (exact) mass is 420 g/mol. The summed E-state index contributed by atoms with van der Waals surface area (Å²) in [5, 5.41) is 2.75. The Bertz CT molecular complexity index is 1140. The summed E-state index contributed by atoms with van der Waals surface area (Å²) in [7, 11) is 3.19. The largest absolute Gasteiger partial charge is 0.497 e. The molecule has 2 aliphatic heterocycles. The third-order valence-corrected chi connectivity index (χ3v) is 5.15. The van der Waals surface area contributed by atoms with E-state index in [-0.39, 0.29) is 17.6 Å². The average Bonchev–Trinajstić information content (AvgIpc) is 3.31. The van der Waals surface area contributed by atoms with E-state index >= 15 is 0 Å². The van der Waals surface area contributed by atoms with Crippen molar-refractivity contribution in [3.8, 4) is 11.5 Å². The molecule has 0 saturated carbocycles. The van der Waals surface area contributed by atoms with Gasteiger partial charge in [0, 0.05) is 23.5 Å². The van der Waals surface area contributed by atoms with Crippen LogP contribution in [-0.4, -0.2) is 26.0 Å². The highest BCUT2D eigenvalue weighted by atomic mass is 19.1. The van der Waals surface area contributed by atoms with Crippen LogP contribution < -0.4 is 19.7 Å². The maximum atomic E-state index is 13.0. The highest BCUT2D eigenvalue weighted by molar-refractivity contribution is 6.07. The van der Waals surface area contributed by atoms with Crippen LogP contribution in [0.15, 0.2) is 60.7 Å². The number of carbonyl (C=O) groups excluding carboxylic acids is 2. The van der Waals surface area contributed by atoms with E-state index in [1.165, 1.54) is 12.1 Å². The summed E-state index contributed by atoms with van der Waals surface area (Å²) in [6.07, 6.45) is 0.843. The highest BCUT2D eigenvalue weighted by Crippen LogP contribution is 2.37. The Morgan fingerprint density at radius 1 is 0.839 bits per heavy atom. The Hall–Kier alpha value is -3.87. The van der Waals surface area contributed by atoms with Crippen LogP contribution in [0.3, 0.4) is 0 Å². The summed E-state index contributed by atoms with van der Waals surface area (Å²) < 4.78 is 23.2. The standard InChI is InChI=1S/C15H12FNO2.C9H9NO2/c1-19-13-7-2-10-8-15(18)17(14(10)9-13)12-5-3-11(16)4-6-12;1-12-7-3-2-6-4-9(11)10-8(6)5-7/h2-7,9H,8H2,1H3;2-3,5H,4H2,1H3,(H,10,11). The van der Waals surface area contributed by atoms with Gasteiger partial charge in [-0.15, -0.1) is 0 Å². The predicted molar refractivity (Wildman–Crippen MR) is 116 cm³/mol. The molecule has 6 nitrogen and oxygen atoms in total. The van der Waals surface area contributed by atoms with E-state index in [1.54, 1.807) is 31.3 Å². The van der Waals surface area contributed by atoms with Gasteiger partial charge in [-0.3, -0.25) is 14.5 Å². The fourth-order valence-electron chi connectivity index (χ4n) is 3.60. The van der Waals surface area contributed by atoms with Crippen LogP contribution in [0.2, 0.25) is 0 Å². The van der Waals surface area contributed by atoms with Crippen molar-refractivity contribution in [1.82, 2.24) is 0 Å². The van der Waals surface area contributed by atoms with E-state index in [0.717, 1.165) is 28.3 Å². The van der Waals surface area contributed by atoms with Gasteiger partial charge < -0.3 is 14.8 Å². The lowest BCUT2D eigenvalue weighted by Crippen LogP contribution is -2.20. The van der Waals surface area contributed by atoms with Gasteiger partial charge >= 0.3 is 0 Å². The van der Waals surface area contributed by atoms with Crippen molar-refractivity contribution in [2.24, 2.45) is 0 Å². The van der Waals surface area contributed by atoms with Crippen LogP contribution in [0, 0.1) is 5.82 Å². The predicted octanol–water partition coefficient (Wildman–Crippen LogP) is 4.24. The molecule has 5 rings (SSSR count). The molecule has 31 heavy (non-hydrogen) atoms. The number of rotatable bonds is 3. The fraction of sp³-hybridized carbons (Fsp3) is 0.167. The lowest BCUT2D eigenvalue weighted by Gasteiger charge is -2.18. The molecule has 0 unspecified atom stereocenters. The number of hydrogen-bond acceptors (Lipinski definition) is 4. The molecule has 0 fully saturated rings. The SMILES string of the molecule is COc1ccc2c(c1)N(c1ccc(F)cc1)C(=O)C2.COc1ccc2c(c1)NC(=O)C2. The van der Waals surface area contributed by atoms with E-state index in [2.05, 4.69) is 5.32 Å². The Kier molecular flexibility index (Phi) is 5.58. The minimum atomic E-state index is -0.318. The van der Waals surface area contributed by atoms with Crippen LogP contribution in [0.25, 0.3) is 0 Å². The molecule has 0 spiro atoms. The first-order valence-electron chi connectivity index (χ1n) is 9.70. The summed E-state index contributed by atoms with van der Waals surface area (Å²) in [6.45, 7) is 0. The molecule has 0 radical (unpaired) electrons.